The van der Waals surface area contributed by atoms with Crippen molar-refractivity contribution in [1.82, 2.24) is 34.8 Å². The van der Waals surface area contributed by atoms with Crippen LogP contribution in [0.4, 0.5) is 11.8 Å². The predicted octanol–water partition coefficient (Wildman–Crippen LogP) is 3.04. The maximum Gasteiger partial charge on any atom is 0.227 e. The van der Waals surface area contributed by atoms with E-state index in [-0.39, 0.29) is 0 Å². The Balaban J connectivity index is 1.23. The number of piperidine rings is 1. The first-order valence-electron chi connectivity index (χ1n) is 12.0. The second kappa shape index (κ2) is 9.03. The number of ether oxygens (including phenoxy) is 1. The molecular formula is C25H29N9O. The summed E-state index contributed by atoms with van der Waals surface area (Å²) in [5.74, 6) is 3.37. The molecule has 3 N–H and O–H groups in total. The molecule has 5 heterocycles. The zero-order chi connectivity index (χ0) is 23.8. The van der Waals surface area contributed by atoms with Gasteiger partial charge in [-0.1, -0.05) is 12.1 Å². The number of nitrogens with one attached hydrogen (secondary N) is 3. The maximum absolute atomic E-state index is 5.49. The molecule has 2 aliphatic rings. The first-order valence-corrected chi connectivity index (χ1v) is 12.0. The van der Waals surface area contributed by atoms with E-state index >= 15 is 0 Å². The highest BCUT2D eigenvalue weighted by atomic mass is 16.5. The number of aryl methyl sites for hydroxylation is 1. The van der Waals surface area contributed by atoms with Gasteiger partial charge in [0.25, 0.3) is 0 Å². The molecule has 0 amide bonds. The molecule has 0 spiro atoms. The molecule has 35 heavy (non-hydrogen) atoms. The molecule has 1 fully saturated rings. The second-order valence-corrected chi connectivity index (χ2v) is 8.99. The largest absolute Gasteiger partial charge is 0.381 e. The van der Waals surface area contributed by atoms with Gasteiger partial charge in [0.05, 0.1) is 47.9 Å². The number of hydrogen-bond acceptors (Lipinski definition) is 8. The van der Waals surface area contributed by atoms with Crippen LogP contribution in [0.15, 0.2) is 42.6 Å². The van der Waals surface area contributed by atoms with Crippen LogP contribution in [0.5, 0.6) is 0 Å². The zero-order valence-corrected chi connectivity index (χ0v) is 20.0. The van der Waals surface area contributed by atoms with E-state index in [2.05, 4.69) is 53.3 Å². The Morgan fingerprint density at radius 1 is 1.14 bits per heavy atom. The van der Waals surface area contributed by atoms with Crippen LogP contribution >= 0.6 is 0 Å². The van der Waals surface area contributed by atoms with Crippen LogP contribution in [0.1, 0.15) is 35.6 Å². The molecule has 10 heteroatoms. The lowest BCUT2D eigenvalue weighted by Crippen LogP contribution is -2.37. The van der Waals surface area contributed by atoms with E-state index in [1.54, 1.807) is 19.6 Å². The molecule has 10 nitrogen and oxygen atoms in total. The number of nitrogens with zero attached hydrogens (tertiary/aromatic N) is 6. The van der Waals surface area contributed by atoms with Crippen molar-refractivity contribution in [3.63, 3.8) is 0 Å². The predicted molar refractivity (Wildman–Crippen MR) is 135 cm³/mol. The third-order valence-electron chi connectivity index (χ3n) is 6.83. The normalized spacial score (nSPS) is 16.2. The summed E-state index contributed by atoms with van der Waals surface area (Å²) >= 11 is 0. The van der Waals surface area contributed by atoms with Gasteiger partial charge in [0, 0.05) is 32.5 Å². The van der Waals surface area contributed by atoms with E-state index in [9.17, 15) is 0 Å². The van der Waals surface area contributed by atoms with Crippen molar-refractivity contribution >= 4 is 28.9 Å². The van der Waals surface area contributed by atoms with E-state index in [0.29, 0.717) is 19.2 Å². The van der Waals surface area contributed by atoms with Crippen LogP contribution in [0.25, 0.3) is 17.1 Å². The number of aromatic amines is 1. The Morgan fingerprint density at radius 3 is 2.89 bits per heavy atom. The van der Waals surface area contributed by atoms with Crippen molar-refractivity contribution in [2.75, 3.05) is 30.4 Å². The van der Waals surface area contributed by atoms with Crippen molar-refractivity contribution in [3.05, 3.63) is 65.4 Å². The Hall–Kier alpha value is -3.92. The SMILES string of the molecule is COC1CCN(c2nccc(NC3=Cc4c(nc(C)n4Cc4cccc5[nH]cnc45)CN3)n2)CC1. The molecule has 0 aliphatic carbocycles. The van der Waals surface area contributed by atoms with Crippen molar-refractivity contribution in [1.29, 1.82) is 0 Å². The number of rotatable bonds is 6. The number of H-pyrrole nitrogens is 1. The minimum absolute atomic E-state index is 0.326. The summed E-state index contributed by atoms with van der Waals surface area (Å²) in [4.78, 5) is 24.0. The number of methoxy groups -OCH3 is 1. The van der Waals surface area contributed by atoms with Crippen LogP contribution in [0.2, 0.25) is 0 Å². The molecule has 0 saturated carbocycles. The van der Waals surface area contributed by atoms with Gasteiger partial charge in [-0.3, -0.25) is 0 Å². The monoisotopic (exact) mass is 471 g/mol. The van der Waals surface area contributed by atoms with E-state index in [1.807, 2.05) is 19.1 Å². The van der Waals surface area contributed by atoms with Crippen molar-refractivity contribution < 1.29 is 4.74 Å². The Labute approximate surface area is 203 Å². The standard InChI is InChI=1S/C25H29N9O/c1-16-30-20-13-27-23(12-21(20)34(16)14-17-4-3-5-19-24(17)29-15-28-19)31-22-6-9-26-25(32-22)33-10-7-18(35-2)8-11-33/h3-6,9,12,15,18,27H,7-8,10-11,13-14H2,1-2H3,(H,28,29)(H,26,31,32). The molecule has 4 aromatic rings. The summed E-state index contributed by atoms with van der Waals surface area (Å²) < 4.78 is 7.73. The maximum atomic E-state index is 5.49. The molecule has 0 unspecified atom stereocenters. The van der Waals surface area contributed by atoms with E-state index in [0.717, 1.165) is 77.3 Å². The molecule has 0 bridgehead atoms. The minimum atomic E-state index is 0.326. The van der Waals surface area contributed by atoms with E-state index < -0.39 is 0 Å². The highest BCUT2D eigenvalue weighted by Crippen LogP contribution is 2.24. The number of para-hydroxylation sites is 1. The Bertz CT molecular complexity index is 1380. The molecule has 0 atom stereocenters. The Morgan fingerprint density at radius 2 is 2.03 bits per heavy atom. The number of benzene rings is 1. The fraction of sp³-hybridized carbons (Fsp3) is 0.360. The highest BCUT2D eigenvalue weighted by molar-refractivity contribution is 5.78. The van der Waals surface area contributed by atoms with Crippen LogP contribution in [-0.2, 0) is 17.8 Å². The number of anilines is 2. The second-order valence-electron chi connectivity index (χ2n) is 8.99. The van der Waals surface area contributed by atoms with E-state index in [1.165, 1.54) is 0 Å². The summed E-state index contributed by atoms with van der Waals surface area (Å²) in [6.07, 6.45) is 7.96. The molecule has 3 aromatic heterocycles. The van der Waals surface area contributed by atoms with Crippen LogP contribution < -0.4 is 15.5 Å². The molecular weight excluding hydrogens is 442 g/mol. The number of fused-ring (bicyclic) bond motifs is 2. The van der Waals surface area contributed by atoms with E-state index in [4.69, 9.17) is 14.7 Å². The topological polar surface area (TPSA) is 109 Å². The number of imidazole rings is 2. The lowest BCUT2D eigenvalue weighted by Gasteiger charge is -2.31. The fourth-order valence-electron chi connectivity index (χ4n) is 4.91. The van der Waals surface area contributed by atoms with Gasteiger partial charge in [0.15, 0.2) is 0 Å². The average Bonchev–Trinajstić information content (AvgIpc) is 3.49. The van der Waals surface area contributed by atoms with Gasteiger partial charge in [-0.15, -0.1) is 0 Å². The first-order chi connectivity index (χ1) is 17.2. The van der Waals surface area contributed by atoms with Gasteiger partial charge in [0.1, 0.15) is 17.5 Å². The molecule has 6 rings (SSSR count). The lowest BCUT2D eigenvalue weighted by atomic mass is 10.1. The van der Waals surface area contributed by atoms with Crippen LogP contribution in [-0.4, -0.2) is 55.8 Å². The summed E-state index contributed by atoms with van der Waals surface area (Å²) in [5.41, 5.74) is 5.32. The molecule has 1 saturated heterocycles. The van der Waals surface area contributed by atoms with Gasteiger partial charge in [-0.2, -0.15) is 4.98 Å². The van der Waals surface area contributed by atoms with Gasteiger partial charge in [0.2, 0.25) is 5.95 Å². The highest BCUT2D eigenvalue weighted by Gasteiger charge is 2.22. The third-order valence-corrected chi connectivity index (χ3v) is 6.83. The summed E-state index contributed by atoms with van der Waals surface area (Å²) in [7, 11) is 1.78. The fourth-order valence-corrected chi connectivity index (χ4v) is 4.91. The first kappa shape index (κ1) is 21.6. The third kappa shape index (κ3) is 4.21. The molecule has 180 valence electrons. The molecule has 0 radical (unpaired) electrons. The lowest BCUT2D eigenvalue weighted by molar-refractivity contribution is 0.0816. The minimum Gasteiger partial charge on any atom is -0.381 e. The zero-order valence-electron chi connectivity index (χ0n) is 20.0. The number of aromatic nitrogens is 6. The smallest absolute Gasteiger partial charge is 0.227 e. The quantitative estimate of drug-likeness (QED) is 0.394. The van der Waals surface area contributed by atoms with Gasteiger partial charge in [-0.25, -0.2) is 15.0 Å². The Kier molecular flexibility index (Phi) is 5.57. The van der Waals surface area contributed by atoms with Gasteiger partial charge in [-0.05, 0) is 37.5 Å². The van der Waals surface area contributed by atoms with Crippen LogP contribution in [0, 0.1) is 6.92 Å². The summed E-state index contributed by atoms with van der Waals surface area (Å²) in [6, 6.07) is 8.12. The summed E-state index contributed by atoms with van der Waals surface area (Å²) in [5, 5.41) is 6.87. The van der Waals surface area contributed by atoms with Crippen LogP contribution in [0.3, 0.4) is 0 Å². The van der Waals surface area contributed by atoms with Crippen molar-refractivity contribution in [3.8, 4) is 0 Å². The molecule has 1 aromatic carbocycles. The van der Waals surface area contributed by atoms with Gasteiger partial charge < -0.3 is 29.8 Å². The number of hydrogen-bond donors (Lipinski definition) is 3. The molecule has 2 aliphatic heterocycles. The van der Waals surface area contributed by atoms with Crippen molar-refractivity contribution in [2.45, 2.75) is 39.0 Å². The average molecular weight is 472 g/mol. The van der Waals surface area contributed by atoms with Crippen molar-refractivity contribution in [2.24, 2.45) is 0 Å². The van der Waals surface area contributed by atoms with Gasteiger partial charge >= 0.3 is 0 Å². The summed E-state index contributed by atoms with van der Waals surface area (Å²) in [6.45, 7) is 5.20.